The summed E-state index contributed by atoms with van der Waals surface area (Å²) in [5, 5.41) is 7.68. The number of nitrogens with zero attached hydrogens (tertiary/aromatic N) is 1. The standard InChI is InChI=1S/C19H27N3O2/c1-13(2)21-15-8-10-22(11-9-15)19(23)20-12-17-14(3)24-18-7-5-4-6-16(17)18/h4-7,13,15,21H,8-12H2,1-3H3,(H,20,23). The van der Waals surface area contributed by atoms with Gasteiger partial charge in [-0.3, -0.25) is 0 Å². The smallest absolute Gasteiger partial charge is 0.317 e. The Morgan fingerprint density at radius 2 is 2.00 bits per heavy atom. The molecule has 5 heteroatoms. The highest BCUT2D eigenvalue weighted by Gasteiger charge is 2.23. The van der Waals surface area contributed by atoms with Crippen molar-refractivity contribution in [1.82, 2.24) is 15.5 Å². The zero-order valence-electron chi connectivity index (χ0n) is 14.8. The molecule has 2 amide bonds. The SMILES string of the molecule is Cc1oc2ccccc2c1CNC(=O)N1CCC(NC(C)C)CC1. The number of amides is 2. The number of nitrogens with one attached hydrogen (secondary N) is 2. The third-order valence-corrected chi connectivity index (χ3v) is 4.67. The van der Waals surface area contributed by atoms with E-state index in [1.807, 2.05) is 36.1 Å². The van der Waals surface area contributed by atoms with Crippen LogP contribution >= 0.6 is 0 Å². The topological polar surface area (TPSA) is 57.5 Å². The molecule has 1 saturated heterocycles. The Balaban J connectivity index is 1.55. The number of carbonyl (C=O) groups excluding carboxylic acids is 1. The molecule has 0 unspecified atom stereocenters. The van der Waals surface area contributed by atoms with E-state index in [0.29, 0.717) is 18.6 Å². The van der Waals surface area contributed by atoms with E-state index in [2.05, 4.69) is 24.5 Å². The maximum absolute atomic E-state index is 12.4. The van der Waals surface area contributed by atoms with E-state index >= 15 is 0 Å². The first-order valence-electron chi connectivity index (χ1n) is 8.80. The van der Waals surface area contributed by atoms with Gasteiger partial charge in [0.05, 0.1) is 0 Å². The van der Waals surface area contributed by atoms with Crippen LogP contribution in [0.1, 0.15) is 38.0 Å². The number of fused-ring (bicyclic) bond motifs is 1. The molecule has 2 aromatic rings. The first kappa shape index (κ1) is 16.8. The van der Waals surface area contributed by atoms with Crippen molar-refractivity contribution in [2.24, 2.45) is 0 Å². The molecule has 0 saturated carbocycles. The van der Waals surface area contributed by atoms with Gasteiger partial charge in [-0.15, -0.1) is 0 Å². The van der Waals surface area contributed by atoms with E-state index in [0.717, 1.165) is 48.2 Å². The summed E-state index contributed by atoms with van der Waals surface area (Å²) in [6.45, 7) is 8.40. The second-order valence-electron chi connectivity index (χ2n) is 6.87. The summed E-state index contributed by atoms with van der Waals surface area (Å²) >= 11 is 0. The van der Waals surface area contributed by atoms with Crippen molar-refractivity contribution in [2.75, 3.05) is 13.1 Å². The molecule has 0 bridgehead atoms. The lowest BCUT2D eigenvalue weighted by Crippen LogP contribution is -2.49. The van der Waals surface area contributed by atoms with Crippen LogP contribution in [0, 0.1) is 6.92 Å². The van der Waals surface area contributed by atoms with Crippen LogP contribution in [0.3, 0.4) is 0 Å². The van der Waals surface area contributed by atoms with Crippen molar-refractivity contribution in [1.29, 1.82) is 0 Å². The number of hydrogen-bond donors (Lipinski definition) is 2. The largest absolute Gasteiger partial charge is 0.461 e. The van der Waals surface area contributed by atoms with Gasteiger partial charge in [0.25, 0.3) is 0 Å². The number of carbonyl (C=O) groups is 1. The summed E-state index contributed by atoms with van der Waals surface area (Å²) in [5.41, 5.74) is 1.94. The van der Waals surface area contributed by atoms with Gasteiger partial charge in [-0.2, -0.15) is 0 Å². The average Bonchev–Trinajstić information content (AvgIpc) is 2.88. The number of benzene rings is 1. The fourth-order valence-electron chi connectivity index (χ4n) is 3.44. The molecule has 2 heterocycles. The van der Waals surface area contributed by atoms with Gasteiger partial charge in [0.2, 0.25) is 0 Å². The summed E-state index contributed by atoms with van der Waals surface area (Å²) in [6, 6.07) is 8.98. The zero-order chi connectivity index (χ0) is 17.1. The van der Waals surface area contributed by atoms with Gasteiger partial charge in [-0.25, -0.2) is 4.79 Å². The fraction of sp³-hybridized carbons (Fsp3) is 0.526. The Hall–Kier alpha value is -2.01. The monoisotopic (exact) mass is 329 g/mol. The normalized spacial score (nSPS) is 16.1. The molecule has 5 nitrogen and oxygen atoms in total. The average molecular weight is 329 g/mol. The lowest BCUT2D eigenvalue weighted by Gasteiger charge is -2.33. The molecule has 1 aliphatic heterocycles. The number of furan rings is 1. The van der Waals surface area contributed by atoms with E-state index in [1.165, 1.54) is 0 Å². The maximum Gasteiger partial charge on any atom is 0.317 e. The first-order chi connectivity index (χ1) is 11.5. The van der Waals surface area contributed by atoms with Gasteiger partial charge in [0.1, 0.15) is 11.3 Å². The molecule has 1 fully saturated rings. The summed E-state index contributed by atoms with van der Waals surface area (Å²) < 4.78 is 5.75. The van der Waals surface area contributed by atoms with Crippen LogP contribution in [-0.2, 0) is 6.54 Å². The number of rotatable bonds is 4. The molecule has 1 aromatic carbocycles. The molecule has 24 heavy (non-hydrogen) atoms. The van der Waals surface area contributed by atoms with Gasteiger partial charge >= 0.3 is 6.03 Å². The minimum Gasteiger partial charge on any atom is -0.461 e. The number of hydrogen-bond acceptors (Lipinski definition) is 3. The Kier molecular flexibility index (Phi) is 5.09. The van der Waals surface area contributed by atoms with E-state index in [1.54, 1.807) is 0 Å². The first-order valence-corrected chi connectivity index (χ1v) is 8.80. The second kappa shape index (κ2) is 7.26. The number of aryl methyl sites for hydroxylation is 1. The van der Waals surface area contributed by atoms with Crippen LogP contribution in [0.15, 0.2) is 28.7 Å². The van der Waals surface area contributed by atoms with Gasteiger partial charge < -0.3 is 20.0 Å². The Bertz CT molecular complexity index is 700. The lowest BCUT2D eigenvalue weighted by atomic mass is 10.0. The molecule has 0 spiro atoms. The summed E-state index contributed by atoms with van der Waals surface area (Å²) in [6.07, 6.45) is 2.03. The third-order valence-electron chi connectivity index (χ3n) is 4.67. The van der Waals surface area contributed by atoms with Crippen molar-refractivity contribution < 1.29 is 9.21 Å². The van der Waals surface area contributed by atoms with Gasteiger partial charge in [0, 0.05) is 42.7 Å². The van der Waals surface area contributed by atoms with Crippen molar-refractivity contribution in [3.05, 3.63) is 35.6 Å². The van der Waals surface area contributed by atoms with Gasteiger partial charge in [0.15, 0.2) is 0 Å². The molecule has 0 aliphatic carbocycles. The summed E-state index contributed by atoms with van der Waals surface area (Å²) in [7, 11) is 0. The number of urea groups is 1. The van der Waals surface area contributed by atoms with Crippen LogP contribution in [0.2, 0.25) is 0 Å². The molecule has 130 valence electrons. The quantitative estimate of drug-likeness (QED) is 0.904. The van der Waals surface area contributed by atoms with Crippen LogP contribution in [0.4, 0.5) is 4.79 Å². The molecule has 2 N–H and O–H groups in total. The van der Waals surface area contributed by atoms with Crippen LogP contribution in [0.5, 0.6) is 0 Å². The van der Waals surface area contributed by atoms with E-state index in [9.17, 15) is 4.79 Å². The predicted molar refractivity (Wildman–Crippen MR) is 96.1 cm³/mol. The fourth-order valence-corrected chi connectivity index (χ4v) is 3.44. The minimum absolute atomic E-state index is 0.0164. The number of para-hydroxylation sites is 1. The predicted octanol–water partition coefficient (Wildman–Crippen LogP) is 3.41. The summed E-state index contributed by atoms with van der Waals surface area (Å²) in [5.74, 6) is 0.872. The van der Waals surface area contributed by atoms with Crippen molar-refractivity contribution in [3.63, 3.8) is 0 Å². The molecular weight excluding hydrogens is 302 g/mol. The van der Waals surface area contributed by atoms with Crippen molar-refractivity contribution in [2.45, 2.75) is 52.2 Å². The van der Waals surface area contributed by atoms with Crippen molar-refractivity contribution in [3.8, 4) is 0 Å². The molecule has 1 aromatic heterocycles. The minimum atomic E-state index is 0.0164. The third kappa shape index (κ3) is 3.73. The summed E-state index contributed by atoms with van der Waals surface area (Å²) in [4.78, 5) is 14.3. The zero-order valence-corrected chi connectivity index (χ0v) is 14.8. The van der Waals surface area contributed by atoms with E-state index in [4.69, 9.17) is 4.42 Å². The Morgan fingerprint density at radius 1 is 1.29 bits per heavy atom. The van der Waals surface area contributed by atoms with E-state index in [-0.39, 0.29) is 6.03 Å². The maximum atomic E-state index is 12.4. The lowest BCUT2D eigenvalue weighted by molar-refractivity contribution is 0.174. The van der Waals surface area contributed by atoms with Crippen LogP contribution in [0.25, 0.3) is 11.0 Å². The molecule has 0 atom stereocenters. The van der Waals surface area contributed by atoms with Gasteiger partial charge in [-0.05, 0) is 25.8 Å². The molecule has 3 rings (SSSR count). The van der Waals surface area contributed by atoms with Gasteiger partial charge in [-0.1, -0.05) is 32.0 Å². The number of likely N-dealkylation sites (tertiary alicyclic amines) is 1. The van der Waals surface area contributed by atoms with E-state index < -0.39 is 0 Å². The molecule has 1 aliphatic rings. The van der Waals surface area contributed by atoms with Crippen molar-refractivity contribution >= 4 is 17.0 Å². The number of piperidine rings is 1. The second-order valence-corrected chi connectivity index (χ2v) is 6.87. The molecule has 0 radical (unpaired) electrons. The highest BCUT2D eigenvalue weighted by Crippen LogP contribution is 2.25. The molecular formula is C19H27N3O2. The van der Waals surface area contributed by atoms with Crippen LogP contribution < -0.4 is 10.6 Å². The highest BCUT2D eigenvalue weighted by molar-refractivity contribution is 5.83. The van der Waals surface area contributed by atoms with Crippen LogP contribution in [-0.4, -0.2) is 36.1 Å². The highest BCUT2D eigenvalue weighted by atomic mass is 16.3. The Morgan fingerprint density at radius 3 is 2.71 bits per heavy atom. The Labute approximate surface area is 143 Å².